The average molecular weight is 460 g/mol. The summed E-state index contributed by atoms with van der Waals surface area (Å²) in [4.78, 5) is 0. The van der Waals surface area contributed by atoms with Gasteiger partial charge in [0.2, 0.25) is 0 Å². The Morgan fingerprint density at radius 3 is 1.37 bits per heavy atom. The van der Waals surface area contributed by atoms with Crippen molar-refractivity contribution < 1.29 is 23.0 Å². The number of hydrogen-bond acceptors (Lipinski definition) is 3. The number of aromatic nitrogens is 2. The smallest absolute Gasteiger partial charge is 0.443 e. The van der Waals surface area contributed by atoms with Crippen LogP contribution in [0.15, 0.2) is 97.6 Å². The van der Waals surface area contributed by atoms with E-state index in [4.69, 9.17) is 13.9 Å². The van der Waals surface area contributed by atoms with E-state index in [1.54, 1.807) is 14.2 Å². The Balaban J connectivity index is 1.67. The van der Waals surface area contributed by atoms with E-state index in [2.05, 4.69) is 82.5 Å². The summed E-state index contributed by atoms with van der Waals surface area (Å²) < 4.78 is 22.2. The summed E-state index contributed by atoms with van der Waals surface area (Å²) in [6.45, 7) is 1.47. The maximum atomic E-state index is 6.31. The van der Waals surface area contributed by atoms with Crippen LogP contribution >= 0.6 is 0 Å². The predicted molar refractivity (Wildman–Crippen MR) is 139 cm³/mol. The predicted octanol–water partition coefficient (Wildman–Crippen LogP) is 2.38. The highest BCUT2D eigenvalue weighted by molar-refractivity contribution is 6.74. The molecule has 0 aliphatic carbocycles. The van der Waals surface area contributed by atoms with E-state index in [1.165, 1.54) is 32.7 Å². The van der Waals surface area contributed by atoms with Gasteiger partial charge in [0.25, 0.3) is 0 Å². The largest absolute Gasteiger partial charge is 0.486 e. The molecule has 0 saturated carbocycles. The second-order valence-electron chi connectivity index (χ2n) is 8.94. The highest BCUT2D eigenvalue weighted by Crippen LogP contribution is 2.33. The van der Waals surface area contributed by atoms with E-state index in [9.17, 15) is 0 Å². The van der Waals surface area contributed by atoms with Gasteiger partial charge in [-0.3, -0.25) is 0 Å². The number of nitrogens with zero attached hydrogens (tertiary/aromatic N) is 2. The Bertz CT molecular complexity index is 1370. The van der Waals surface area contributed by atoms with Crippen molar-refractivity contribution in [3.63, 3.8) is 0 Å². The summed E-state index contributed by atoms with van der Waals surface area (Å²) in [5.74, 6) is 0. The van der Waals surface area contributed by atoms with Crippen LogP contribution in [0.25, 0.3) is 21.5 Å². The summed E-state index contributed by atoms with van der Waals surface area (Å²) >= 11 is 0. The number of pyridine rings is 2. The van der Waals surface area contributed by atoms with Crippen LogP contribution in [0.3, 0.4) is 0 Å². The number of fused-ring (bicyclic) bond motifs is 2. The fourth-order valence-corrected chi connectivity index (χ4v) is 5.23. The number of benzene rings is 3. The van der Waals surface area contributed by atoms with E-state index in [0.717, 1.165) is 24.0 Å². The van der Waals surface area contributed by atoms with Gasteiger partial charge < -0.3 is 13.9 Å². The molecule has 170 valence electrons. The van der Waals surface area contributed by atoms with Gasteiger partial charge in [-0.05, 0) is 21.5 Å². The summed E-state index contributed by atoms with van der Waals surface area (Å²) in [6.07, 6.45) is 8.39. The third kappa shape index (κ3) is 4.02. The minimum absolute atomic E-state index is 0.568. The molecular weight excluding hydrogens is 434 g/mol. The molecule has 7 rings (SSSR count). The van der Waals surface area contributed by atoms with Crippen LogP contribution in [-0.4, -0.2) is 28.5 Å². The molecule has 0 unspecified atom stereocenters. The Morgan fingerprint density at radius 2 is 1.00 bits per heavy atom. The van der Waals surface area contributed by atoms with Crippen molar-refractivity contribution in [2.45, 2.75) is 13.1 Å². The molecule has 0 radical (unpaired) electrons. The van der Waals surface area contributed by atoms with Crippen LogP contribution < -0.4 is 20.1 Å². The maximum absolute atomic E-state index is 6.31. The SMILES string of the molecule is COB1OB(OC)c2ccc[n+](c2)Cc2c3ccccc3c(c3ccccc23)C[n+]2cccc1c2. The first kappa shape index (κ1) is 22.0. The highest BCUT2D eigenvalue weighted by atomic mass is 16.6. The van der Waals surface area contributed by atoms with Crippen molar-refractivity contribution in [3.05, 3.63) is 109 Å². The fraction of sp³-hybridized carbons (Fsp3) is 0.143. The molecule has 5 nitrogen and oxygen atoms in total. The van der Waals surface area contributed by atoms with Gasteiger partial charge in [-0.15, -0.1) is 0 Å². The lowest BCUT2D eigenvalue weighted by Gasteiger charge is -2.16. The quantitative estimate of drug-likeness (QED) is 0.231. The molecule has 0 N–H and O–H groups in total. The van der Waals surface area contributed by atoms with Gasteiger partial charge in [0.1, 0.15) is 0 Å². The Morgan fingerprint density at radius 1 is 0.600 bits per heavy atom. The number of rotatable bonds is 2. The van der Waals surface area contributed by atoms with Gasteiger partial charge in [0.05, 0.1) is 0 Å². The standard InChI is InChI=1S/C28H26B2N2O3/c1-33-29-21-9-7-15-31(17-21)19-27-23-11-3-5-13-25(23)28(26-14-6-4-12-24(26)27)20-32-16-8-10-22(18-32)30(34-2)35-29/h3-18H,19-20H2,1-2H3/q+2. The van der Waals surface area contributed by atoms with Crippen molar-refractivity contribution in [2.75, 3.05) is 14.2 Å². The molecule has 0 spiro atoms. The van der Waals surface area contributed by atoms with Crippen molar-refractivity contribution in [3.8, 4) is 0 Å². The number of hydrogen-bond donors (Lipinski definition) is 0. The molecule has 0 fully saturated rings. The van der Waals surface area contributed by atoms with Crippen LogP contribution in [-0.2, 0) is 27.0 Å². The molecule has 35 heavy (non-hydrogen) atoms. The van der Waals surface area contributed by atoms with Crippen molar-refractivity contribution in [1.29, 1.82) is 0 Å². The lowest BCUT2D eigenvalue weighted by Crippen LogP contribution is -2.51. The normalized spacial score (nSPS) is 13.8. The maximum Gasteiger partial charge on any atom is 0.486 e. The zero-order chi connectivity index (χ0) is 23.8. The lowest BCUT2D eigenvalue weighted by atomic mass is 9.71. The van der Waals surface area contributed by atoms with Crippen LogP contribution in [0.2, 0.25) is 0 Å². The minimum Gasteiger partial charge on any atom is -0.443 e. The molecule has 6 bridgehead atoms. The van der Waals surface area contributed by atoms with Gasteiger partial charge in [-0.2, -0.15) is 0 Å². The first-order valence-electron chi connectivity index (χ1n) is 11.9. The minimum atomic E-state index is -0.568. The van der Waals surface area contributed by atoms with Gasteiger partial charge in [0.15, 0.2) is 37.9 Å². The van der Waals surface area contributed by atoms with Crippen LogP contribution in [0.1, 0.15) is 11.1 Å². The van der Waals surface area contributed by atoms with Gasteiger partial charge >= 0.3 is 14.2 Å². The molecule has 2 aromatic heterocycles. The zero-order valence-electron chi connectivity index (χ0n) is 19.9. The first-order valence-corrected chi connectivity index (χ1v) is 11.9. The third-order valence-electron chi connectivity index (χ3n) is 6.82. The second-order valence-corrected chi connectivity index (χ2v) is 8.94. The molecule has 0 saturated heterocycles. The first-order chi connectivity index (χ1) is 17.2. The van der Waals surface area contributed by atoms with Crippen molar-refractivity contribution in [1.82, 2.24) is 0 Å². The Kier molecular flexibility index (Phi) is 5.82. The molecule has 2 aliphatic heterocycles. The molecule has 4 heterocycles. The lowest BCUT2D eigenvalue weighted by molar-refractivity contribution is -0.687. The Hall–Kier alpha value is -3.51. The van der Waals surface area contributed by atoms with Gasteiger partial charge in [-0.1, -0.05) is 60.7 Å². The van der Waals surface area contributed by atoms with Crippen LogP contribution in [0.4, 0.5) is 0 Å². The average Bonchev–Trinajstić information content (AvgIpc) is 2.91. The molecule has 0 atom stereocenters. The zero-order valence-corrected chi connectivity index (χ0v) is 19.9. The Labute approximate surface area is 205 Å². The molecule has 5 aromatic rings. The second kappa shape index (κ2) is 9.27. The highest BCUT2D eigenvalue weighted by Gasteiger charge is 2.33. The van der Waals surface area contributed by atoms with E-state index in [-0.39, 0.29) is 0 Å². The molecular formula is C28H26B2N2O3+2. The monoisotopic (exact) mass is 460 g/mol. The topological polar surface area (TPSA) is 35.5 Å². The van der Waals surface area contributed by atoms with Crippen LogP contribution in [0, 0.1) is 0 Å². The summed E-state index contributed by atoms with van der Waals surface area (Å²) in [5.41, 5.74) is 4.47. The summed E-state index contributed by atoms with van der Waals surface area (Å²) in [6, 6.07) is 25.6. The van der Waals surface area contributed by atoms with Crippen LogP contribution in [0.5, 0.6) is 0 Å². The molecule has 3 aromatic carbocycles. The van der Waals surface area contributed by atoms with Gasteiger partial charge in [-0.25, -0.2) is 9.13 Å². The molecule has 0 amide bonds. The van der Waals surface area contributed by atoms with E-state index in [1.807, 2.05) is 24.3 Å². The van der Waals surface area contributed by atoms with Gasteiger partial charge in [0, 0.05) is 48.4 Å². The summed E-state index contributed by atoms with van der Waals surface area (Å²) in [7, 11) is 2.18. The third-order valence-corrected chi connectivity index (χ3v) is 6.82. The van der Waals surface area contributed by atoms with E-state index in [0.29, 0.717) is 0 Å². The molecule has 2 aliphatic rings. The van der Waals surface area contributed by atoms with Crippen molar-refractivity contribution in [2.24, 2.45) is 0 Å². The fourth-order valence-electron chi connectivity index (χ4n) is 5.23. The van der Waals surface area contributed by atoms with E-state index < -0.39 is 14.2 Å². The molecule has 7 heteroatoms. The van der Waals surface area contributed by atoms with E-state index >= 15 is 0 Å². The summed E-state index contributed by atoms with van der Waals surface area (Å²) in [5, 5.41) is 5.11. The van der Waals surface area contributed by atoms with Crippen molar-refractivity contribution >= 4 is 46.7 Å².